The van der Waals surface area contributed by atoms with Crippen molar-refractivity contribution in [1.82, 2.24) is 19.7 Å². The van der Waals surface area contributed by atoms with Gasteiger partial charge in [-0.1, -0.05) is 30.3 Å². The monoisotopic (exact) mass is 468 g/mol. The lowest BCUT2D eigenvalue weighted by Gasteiger charge is -2.33. The number of fused-ring (bicyclic) bond motifs is 1. The number of aliphatic hydroxyl groups is 1. The Morgan fingerprint density at radius 1 is 1.21 bits per heavy atom. The van der Waals surface area contributed by atoms with Crippen molar-refractivity contribution in [2.75, 3.05) is 32.7 Å². The highest BCUT2D eigenvalue weighted by Crippen LogP contribution is 2.51. The summed E-state index contributed by atoms with van der Waals surface area (Å²) < 4.78 is 1.60. The molecule has 1 aromatic carbocycles. The van der Waals surface area contributed by atoms with Crippen LogP contribution in [0, 0.1) is 0 Å². The zero-order valence-corrected chi connectivity index (χ0v) is 19.9. The number of carbonyl (C=O) groups excluding carboxylic acids is 1. The summed E-state index contributed by atoms with van der Waals surface area (Å²) in [5.74, 6) is 0.0682. The zero-order valence-electron chi connectivity index (χ0n) is 19.1. The third-order valence-electron chi connectivity index (χ3n) is 7.19. The number of aryl methyl sites for hydroxylation is 1. The summed E-state index contributed by atoms with van der Waals surface area (Å²) in [7, 11) is 1.76. The van der Waals surface area contributed by atoms with Crippen LogP contribution in [0.25, 0.3) is 0 Å². The van der Waals surface area contributed by atoms with Crippen LogP contribution in [0.2, 0.25) is 0 Å². The molecule has 2 saturated heterocycles. The first kappa shape index (κ1) is 22.5. The molecule has 0 radical (unpaired) electrons. The molecule has 7 nitrogen and oxygen atoms in total. The van der Waals surface area contributed by atoms with E-state index >= 15 is 0 Å². The molecule has 2 aromatic rings. The molecule has 0 aliphatic carbocycles. The van der Waals surface area contributed by atoms with Crippen LogP contribution in [0.5, 0.6) is 0 Å². The van der Waals surface area contributed by atoms with E-state index < -0.39 is 4.93 Å². The summed E-state index contributed by atoms with van der Waals surface area (Å²) in [5.41, 5.74) is 3.55. The van der Waals surface area contributed by atoms with Crippen LogP contribution >= 0.6 is 11.8 Å². The number of benzene rings is 1. The summed E-state index contributed by atoms with van der Waals surface area (Å²) in [6, 6.07) is 12.2. The maximum Gasteiger partial charge on any atom is 0.317 e. The largest absolute Gasteiger partial charge is 0.377 e. The van der Waals surface area contributed by atoms with Crippen molar-refractivity contribution in [2.45, 2.75) is 41.9 Å². The third kappa shape index (κ3) is 4.83. The van der Waals surface area contributed by atoms with Crippen molar-refractivity contribution in [3.63, 3.8) is 0 Å². The van der Waals surface area contributed by atoms with Gasteiger partial charge in [-0.3, -0.25) is 9.69 Å². The molecule has 2 unspecified atom stereocenters. The molecular weight excluding hydrogens is 436 g/mol. The molecule has 0 bridgehead atoms. The second-order valence-corrected chi connectivity index (χ2v) is 11.0. The van der Waals surface area contributed by atoms with Crippen molar-refractivity contribution in [3.05, 3.63) is 69.6 Å². The number of rotatable bonds is 5. The van der Waals surface area contributed by atoms with Crippen molar-refractivity contribution >= 4 is 17.8 Å². The lowest BCUT2D eigenvalue weighted by molar-refractivity contribution is 0.101. The number of carbonyl (C=O) groups is 1. The fraction of sp³-hybridized carbons (Fsp3) is 0.520. The normalized spacial score (nSPS) is 27.2. The first-order chi connectivity index (χ1) is 15.9. The molecule has 0 saturated carbocycles. The van der Waals surface area contributed by atoms with Gasteiger partial charge in [0.15, 0.2) is 0 Å². The highest BCUT2D eigenvalue weighted by molar-refractivity contribution is 8.08. The Morgan fingerprint density at radius 2 is 2.03 bits per heavy atom. The van der Waals surface area contributed by atoms with E-state index in [2.05, 4.69) is 34.5 Å². The predicted molar refractivity (Wildman–Crippen MR) is 130 cm³/mol. The molecule has 0 spiro atoms. The fourth-order valence-corrected chi connectivity index (χ4v) is 6.20. The highest BCUT2D eigenvalue weighted by atomic mass is 32.2. The minimum Gasteiger partial charge on any atom is -0.377 e. The van der Waals surface area contributed by atoms with Crippen molar-refractivity contribution in [2.24, 2.45) is 7.05 Å². The molecule has 176 valence electrons. The van der Waals surface area contributed by atoms with Crippen LogP contribution in [0.1, 0.15) is 35.4 Å². The number of β-amino-alcohol motifs (C(OH)–C–C–N with tert-alkyl or cyclic N) is 1. The quantitative estimate of drug-likeness (QED) is 0.658. The second kappa shape index (κ2) is 9.16. The Labute approximate surface area is 198 Å². The number of hydrogen-bond donors (Lipinski definition) is 2. The molecule has 4 heterocycles. The Morgan fingerprint density at radius 3 is 2.88 bits per heavy atom. The first-order valence-electron chi connectivity index (χ1n) is 11.8. The highest BCUT2D eigenvalue weighted by Gasteiger charge is 2.55. The van der Waals surface area contributed by atoms with Gasteiger partial charge in [-0.05, 0) is 36.5 Å². The molecule has 8 heteroatoms. The summed E-state index contributed by atoms with van der Waals surface area (Å²) in [6.45, 7) is 4.15. The van der Waals surface area contributed by atoms with Gasteiger partial charge in [0.05, 0.1) is 5.25 Å². The van der Waals surface area contributed by atoms with Gasteiger partial charge in [-0.2, -0.15) is 0 Å². The number of likely N-dealkylation sites (tertiary alicyclic amines) is 1. The van der Waals surface area contributed by atoms with Gasteiger partial charge in [0, 0.05) is 64.0 Å². The fourth-order valence-electron chi connectivity index (χ4n) is 5.20. The van der Waals surface area contributed by atoms with Gasteiger partial charge in [0.1, 0.15) is 4.93 Å². The summed E-state index contributed by atoms with van der Waals surface area (Å²) in [4.78, 5) is 28.6. The molecule has 2 N–H and O–H groups in total. The van der Waals surface area contributed by atoms with Gasteiger partial charge in [0.2, 0.25) is 0 Å². The summed E-state index contributed by atoms with van der Waals surface area (Å²) in [5, 5.41) is 14.0. The van der Waals surface area contributed by atoms with Crippen LogP contribution in [-0.2, 0) is 20.0 Å². The molecule has 3 atom stereocenters. The first-order valence-corrected chi connectivity index (χ1v) is 12.7. The number of pyridine rings is 1. The molecule has 1 aromatic heterocycles. The van der Waals surface area contributed by atoms with Crippen LogP contribution in [0.4, 0.5) is 4.79 Å². The predicted octanol–water partition coefficient (Wildman–Crippen LogP) is 2.14. The minimum atomic E-state index is -0.791. The lowest BCUT2D eigenvalue weighted by Crippen LogP contribution is -2.47. The third-order valence-corrected chi connectivity index (χ3v) is 8.60. The molecule has 3 aliphatic heterocycles. The average Bonchev–Trinajstić information content (AvgIpc) is 3.48. The van der Waals surface area contributed by atoms with Crippen LogP contribution in [0.15, 0.2) is 47.4 Å². The van der Waals surface area contributed by atoms with E-state index in [1.165, 1.54) is 11.1 Å². The maximum absolute atomic E-state index is 12.8. The zero-order chi connectivity index (χ0) is 23.0. The second-order valence-electron chi connectivity index (χ2n) is 9.53. The number of thioether (sulfide) groups is 1. The van der Waals surface area contributed by atoms with Crippen LogP contribution in [0.3, 0.4) is 0 Å². The van der Waals surface area contributed by atoms with E-state index in [1.807, 2.05) is 17.0 Å². The van der Waals surface area contributed by atoms with E-state index in [9.17, 15) is 14.7 Å². The Bertz CT molecular complexity index is 1090. The Kier molecular flexibility index (Phi) is 6.24. The van der Waals surface area contributed by atoms with E-state index in [0.717, 1.165) is 37.9 Å². The lowest BCUT2D eigenvalue weighted by atomic mass is 9.91. The van der Waals surface area contributed by atoms with Gasteiger partial charge in [0.25, 0.3) is 5.56 Å². The SMILES string of the molecule is Cn1cccc(C2CCCN(C(=O)NCC3S[C@]3(O)CN3CCc4ccccc4C3)C2)c1=O. The van der Waals surface area contributed by atoms with Gasteiger partial charge in [-0.15, -0.1) is 11.8 Å². The number of hydrogen-bond acceptors (Lipinski definition) is 5. The Balaban J connectivity index is 1.11. The average molecular weight is 469 g/mol. The van der Waals surface area contributed by atoms with E-state index in [4.69, 9.17) is 0 Å². The number of amides is 2. The van der Waals surface area contributed by atoms with Gasteiger partial charge >= 0.3 is 6.03 Å². The molecule has 5 rings (SSSR count). The minimum absolute atomic E-state index is 0.0145. The number of nitrogens with one attached hydrogen (secondary N) is 1. The number of aromatic nitrogens is 1. The summed E-state index contributed by atoms with van der Waals surface area (Å²) >= 11 is 1.54. The maximum atomic E-state index is 12.8. The van der Waals surface area contributed by atoms with Crippen molar-refractivity contribution in [1.29, 1.82) is 0 Å². The van der Waals surface area contributed by atoms with Crippen LogP contribution < -0.4 is 10.9 Å². The smallest absolute Gasteiger partial charge is 0.317 e. The molecule has 2 amide bonds. The van der Waals surface area contributed by atoms with Crippen LogP contribution in [-0.4, -0.2) is 68.4 Å². The van der Waals surface area contributed by atoms with E-state index in [-0.39, 0.29) is 22.8 Å². The molecular formula is C25H32N4O3S. The van der Waals surface area contributed by atoms with Crippen molar-refractivity contribution < 1.29 is 9.90 Å². The van der Waals surface area contributed by atoms with E-state index in [0.29, 0.717) is 26.2 Å². The van der Waals surface area contributed by atoms with Gasteiger partial charge < -0.3 is 19.9 Å². The standard InChI is InChI=1S/C25H32N4O3S/c1-27-11-5-9-21(23(27)30)20-8-4-12-29(16-20)24(31)26-14-22-25(32,33-22)17-28-13-10-18-6-2-3-7-19(18)15-28/h2-3,5-7,9,11,20,22,32H,4,8,10,12-17H2,1H3,(H,26,31)/t20?,22?,25-/m1/s1. The number of urea groups is 1. The number of nitrogens with zero attached hydrogens (tertiary/aromatic N) is 3. The Hall–Kier alpha value is -2.29. The van der Waals surface area contributed by atoms with Crippen molar-refractivity contribution in [3.8, 4) is 0 Å². The molecule has 3 aliphatic rings. The van der Waals surface area contributed by atoms with E-state index in [1.54, 1.807) is 29.6 Å². The molecule has 33 heavy (non-hydrogen) atoms. The summed E-state index contributed by atoms with van der Waals surface area (Å²) in [6.07, 6.45) is 4.57. The molecule has 2 fully saturated rings. The van der Waals surface area contributed by atoms with Gasteiger partial charge in [-0.25, -0.2) is 4.79 Å². The number of piperidine rings is 1. The topological polar surface area (TPSA) is 77.8 Å².